The summed E-state index contributed by atoms with van der Waals surface area (Å²) in [7, 11) is 8.76. The maximum Gasteiger partial charge on any atom is 0.422 e. The second kappa shape index (κ2) is 35.4. The van der Waals surface area contributed by atoms with Crippen LogP contribution in [0.5, 0.6) is 0 Å². The Morgan fingerprint density at radius 1 is 0.635 bits per heavy atom. The Hall–Kier alpha value is -7.96. The average molecular weight is 1480 g/mol. The Morgan fingerprint density at radius 3 is 1.77 bits per heavy atom. The molecule has 580 valence electrons. The molecule has 0 bridgehead atoms. The number of rotatable bonds is 12. The van der Waals surface area contributed by atoms with E-state index in [9.17, 15) is 56.3 Å². The molecule has 3 aliphatic heterocycles. The maximum absolute atomic E-state index is 16.1. The van der Waals surface area contributed by atoms with Crippen LogP contribution in [-0.2, 0) is 74.9 Å². The highest BCUT2D eigenvalue weighted by Gasteiger charge is 2.56. The van der Waals surface area contributed by atoms with E-state index in [1.54, 1.807) is 13.8 Å². The van der Waals surface area contributed by atoms with Gasteiger partial charge >= 0.3 is 6.18 Å². The molecule has 1 aromatic rings. The fraction of sp³-hybridized carbons (Fsp3) is 0.736. The molecule has 3 aliphatic carbocycles. The van der Waals surface area contributed by atoms with Gasteiger partial charge in [-0.25, -0.2) is 17.6 Å². The van der Waals surface area contributed by atoms with Crippen LogP contribution >= 0.6 is 0 Å². The molecule has 8 atom stereocenters. The number of aryl methyl sites for hydroxylation is 1. The minimum absolute atomic E-state index is 0.0506. The summed E-state index contributed by atoms with van der Waals surface area (Å²) < 4.78 is 104. The molecule has 6 aliphatic rings. The number of Topliss-reactive ketones (excluding diaryl/α,β-unsaturated/α-hetero) is 1. The summed E-state index contributed by atoms with van der Waals surface area (Å²) in [6, 6.07) is -10.9. The summed E-state index contributed by atoms with van der Waals surface area (Å²) in [5.41, 5.74) is -4.62. The number of carbonyl (C=O) groups is 13. The molecule has 3 heterocycles. The summed E-state index contributed by atoms with van der Waals surface area (Å²) in [4.78, 5) is 201. The lowest BCUT2D eigenvalue weighted by Gasteiger charge is -2.47. The number of likely N-dealkylation sites (tertiary alicyclic amines) is 1. The van der Waals surface area contributed by atoms with Crippen LogP contribution in [0, 0.1) is 35.3 Å². The number of benzene rings is 1. The van der Waals surface area contributed by atoms with Gasteiger partial charge in [0.2, 0.25) is 65.0 Å². The van der Waals surface area contributed by atoms with Crippen LogP contribution in [-0.4, -0.2) is 263 Å². The third-order valence-electron chi connectivity index (χ3n) is 22.0. The molecular formula is C72H105F7N12O13. The number of likely N-dealkylation sites (N-methyl/N-ethyl adjacent to an activating group) is 7. The first-order valence-electron chi connectivity index (χ1n) is 36.5. The quantitative estimate of drug-likeness (QED) is 0.182. The second-order valence-electron chi connectivity index (χ2n) is 30.3. The smallest absolute Gasteiger partial charge is 0.343 e. The van der Waals surface area contributed by atoms with Crippen molar-refractivity contribution >= 4 is 76.7 Å². The Bertz CT molecular complexity index is 3330. The topological polar surface area (TPSA) is 287 Å². The average Bonchev–Trinajstić information content (AvgIpc) is 1.36. The van der Waals surface area contributed by atoms with Gasteiger partial charge in [-0.05, 0) is 106 Å². The number of hydrogen-bond donors (Lipinski definition) is 3. The van der Waals surface area contributed by atoms with Crippen LogP contribution in [0.25, 0.3) is 0 Å². The maximum atomic E-state index is 16.1. The van der Waals surface area contributed by atoms with Gasteiger partial charge in [0.1, 0.15) is 59.0 Å². The van der Waals surface area contributed by atoms with Gasteiger partial charge in [-0.2, -0.15) is 13.2 Å². The molecular weight excluding hydrogens is 1370 g/mol. The highest BCUT2D eigenvalue weighted by atomic mass is 19.4. The van der Waals surface area contributed by atoms with Crippen molar-refractivity contribution in [1.82, 2.24) is 60.0 Å². The predicted molar refractivity (Wildman–Crippen MR) is 365 cm³/mol. The summed E-state index contributed by atoms with van der Waals surface area (Å²) in [6.45, 7) is 3.71. The number of nitrogens with zero attached hydrogens (tertiary/aromatic N) is 9. The van der Waals surface area contributed by atoms with Crippen LogP contribution in [0.1, 0.15) is 174 Å². The number of alkyl halides is 5. The SMILES string of the molecule is CC[C@H](C)[C@@H]1NC(=O)[C@H](CC(C)C)N(C)C(=O)C[C@@H](C(=O)N2CCCC2)N(C)C(=O)[C@H](C2CCCCC2)N(C)C(=O)C2(CCC2)NC(=O)[C@@H]2CC(F)(F)CN2C(=O)[C@H](CCc2cc(F)c(C(F)(F)F)c(F)c2)NC(=O)CN(C)C(=O)[C@H](C(=O)CC2CCCCC2)N(C)C(=O)CN(C)C(=O)CN(C)C1=O. The van der Waals surface area contributed by atoms with Crippen molar-refractivity contribution in [1.29, 1.82) is 0 Å². The van der Waals surface area contributed by atoms with E-state index in [-0.39, 0.29) is 37.5 Å². The number of hydrogen-bond acceptors (Lipinski definition) is 13. The van der Waals surface area contributed by atoms with Gasteiger partial charge in [-0.15, -0.1) is 0 Å². The Labute approximate surface area is 603 Å². The van der Waals surface area contributed by atoms with Gasteiger partial charge in [0.05, 0.1) is 32.6 Å². The second-order valence-corrected chi connectivity index (χ2v) is 30.3. The van der Waals surface area contributed by atoms with Crippen LogP contribution in [0.2, 0.25) is 0 Å². The van der Waals surface area contributed by atoms with Crippen molar-refractivity contribution in [2.24, 2.45) is 23.7 Å². The van der Waals surface area contributed by atoms with Crippen LogP contribution in [0.4, 0.5) is 30.7 Å². The number of ketones is 1. The number of amides is 12. The fourth-order valence-corrected chi connectivity index (χ4v) is 15.4. The van der Waals surface area contributed by atoms with Gasteiger partial charge in [0.15, 0.2) is 11.8 Å². The summed E-state index contributed by atoms with van der Waals surface area (Å²) in [5, 5.41) is 7.80. The number of carbonyl (C=O) groups excluding carboxylic acids is 13. The monoisotopic (exact) mass is 1480 g/mol. The van der Waals surface area contributed by atoms with E-state index in [1.807, 2.05) is 13.8 Å². The minimum atomic E-state index is -5.49. The predicted octanol–water partition coefficient (Wildman–Crippen LogP) is 5.08. The van der Waals surface area contributed by atoms with E-state index in [4.69, 9.17) is 0 Å². The number of fused-ring (bicyclic) bond motifs is 1. The van der Waals surface area contributed by atoms with Gasteiger partial charge in [0.25, 0.3) is 11.8 Å². The highest BCUT2D eigenvalue weighted by Crippen LogP contribution is 2.40. The van der Waals surface area contributed by atoms with E-state index in [0.29, 0.717) is 94.3 Å². The molecule has 0 radical (unpaired) electrons. The van der Waals surface area contributed by atoms with E-state index >= 15 is 36.7 Å². The summed E-state index contributed by atoms with van der Waals surface area (Å²) >= 11 is 0. The molecule has 3 N–H and O–H groups in total. The molecule has 25 nitrogen and oxygen atoms in total. The third-order valence-corrected chi connectivity index (χ3v) is 22.0. The molecule has 7 rings (SSSR count). The van der Waals surface area contributed by atoms with E-state index in [1.165, 1.54) is 40.1 Å². The van der Waals surface area contributed by atoms with Crippen LogP contribution < -0.4 is 16.0 Å². The summed E-state index contributed by atoms with van der Waals surface area (Å²) in [6.07, 6.45) is -0.948. The Morgan fingerprint density at radius 2 is 1.21 bits per heavy atom. The van der Waals surface area contributed by atoms with Gasteiger partial charge < -0.3 is 60.0 Å². The zero-order valence-corrected chi connectivity index (χ0v) is 61.8. The molecule has 12 amide bonds. The van der Waals surface area contributed by atoms with Crippen molar-refractivity contribution < 1.29 is 93.1 Å². The highest BCUT2D eigenvalue weighted by molar-refractivity contribution is 6.09. The normalized spacial score (nSPS) is 26.6. The van der Waals surface area contributed by atoms with Crippen molar-refractivity contribution in [3.05, 3.63) is 34.9 Å². The first kappa shape index (κ1) is 83.3. The molecule has 1 spiro atoms. The number of nitrogens with one attached hydrogen (secondary N) is 3. The molecule has 1 aromatic carbocycles. The zero-order valence-electron chi connectivity index (χ0n) is 61.8. The van der Waals surface area contributed by atoms with Gasteiger partial charge in [-0.3, -0.25) is 62.3 Å². The lowest BCUT2D eigenvalue weighted by Crippen LogP contribution is -2.68. The number of halogens is 7. The van der Waals surface area contributed by atoms with Crippen molar-refractivity contribution in [3.8, 4) is 0 Å². The Balaban J connectivity index is 1.31. The molecule has 104 heavy (non-hydrogen) atoms. The zero-order chi connectivity index (χ0) is 77.2. The van der Waals surface area contributed by atoms with E-state index in [0.717, 1.165) is 74.1 Å². The molecule has 32 heteroatoms. The third kappa shape index (κ3) is 20.1. The molecule has 0 aromatic heterocycles. The first-order chi connectivity index (χ1) is 48.7. The standard InChI is InChI=1S/C72H105F7N12O13/c1-12-43(4)59-66(101)85(7)39-56(95)83(5)40-57(96)88(10)61(53(92)35-44-22-15-13-16-23-44)67(102)84(6)38-54(93)80-49(27-26-45-33-47(73)58(48(74)34-45)72(77,78)79)64(99)91-41-71(75,76)37-52(91)63(98)82-70(28-21-29-70)69(104)89(11)60(46-24-17-14-18-25-46)68(103)87(9)51(65(100)90-30-19-20-31-90)36-55(94)86(8)50(32-42(2)3)62(97)81-59/h33-34,42-44,46,49-52,59-61H,12-32,35-41H2,1-11H3,(H,80,93)(H,81,97)(H,82,98)/t43-,49-,50-,51-,52-,59-,60-,61-/m0/s1. The van der Waals surface area contributed by atoms with Crippen molar-refractivity contribution in [3.63, 3.8) is 0 Å². The Kier molecular flexibility index (Phi) is 28.4. The minimum Gasteiger partial charge on any atom is -0.343 e. The molecule has 3 saturated heterocycles. The van der Waals surface area contributed by atoms with Crippen LogP contribution in [0.3, 0.4) is 0 Å². The van der Waals surface area contributed by atoms with Crippen molar-refractivity contribution in [2.75, 3.05) is 88.6 Å². The molecule has 3 saturated carbocycles. The van der Waals surface area contributed by atoms with E-state index < -0.39 is 223 Å². The largest absolute Gasteiger partial charge is 0.422 e. The van der Waals surface area contributed by atoms with Gasteiger partial charge in [0, 0.05) is 75.3 Å². The molecule has 0 unspecified atom stereocenters. The first-order valence-corrected chi connectivity index (χ1v) is 36.5. The fourth-order valence-electron chi connectivity index (χ4n) is 15.4. The van der Waals surface area contributed by atoms with Crippen LogP contribution in [0.15, 0.2) is 12.1 Å². The van der Waals surface area contributed by atoms with Crippen molar-refractivity contribution in [2.45, 2.75) is 229 Å². The molecule has 6 fully saturated rings. The van der Waals surface area contributed by atoms with Gasteiger partial charge in [-0.1, -0.05) is 85.5 Å². The summed E-state index contributed by atoms with van der Waals surface area (Å²) in [5.74, 6) is -21.5. The van der Waals surface area contributed by atoms with E-state index in [2.05, 4.69) is 16.0 Å². The lowest BCUT2D eigenvalue weighted by molar-refractivity contribution is -0.158. The lowest BCUT2D eigenvalue weighted by atomic mass is 9.74.